The first-order chi connectivity index (χ1) is 14.4. The van der Waals surface area contributed by atoms with Crippen LogP contribution >= 0.6 is 0 Å². The molecule has 0 spiro atoms. The smallest absolute Gasteiger partial charge is 0.255 e. The van der Waals surface area contributed by atoms with E-state index >= 15 is 0 Å². The second-order valence-electron chi connectivity index (χ2n) is 6.63. The predicted molar refractivity (Wildman–Crippen MR) is 130 cm³/mol. The second-order valence-corrected chi connectivity index (χ2v) is 6.63. The van der Waals surface area contributed by atoms with Gasteiger partial charge in [-0.25, -0.2) is 0 Å². The van der Waals surface area contributed by atoms with Crippen molar-refractivity contribution in [3.8, 4) is 0 Å². The highest BCUT2D eigenvalue weighted by Gasteiger charge is 2.10. The van der Waals surface area contributed by atoms with Crippen LogP contribution in [0.2, 0.25) is 0 Å². The zero-order valence-electron chi connectivity index (χ0n) is 19.9. The summed E-state index contributed by atoms with van der Waals surface area (Å²) in [6.07, 6.45) is 0.938. The fourth-order valence-corrected chi connectivity index (χ4v) is 2.71. The first-order valence-electron chi connectivity index (χ1n) is 10.7. The molecule has 1 amide bonds. The van der Waals surface area contributed by atoms with E-state index < -0.39 is 0 Å². The lowest BCUT2D eigenvalue weighted by atomic mass is 10.1. The molecule has 0 saturated carbocycles. The Morgan fingerprint density at radius 1 is 0.967 bits per heavy atom. The van der Waals surface area contributed by atoms with Crippen LogP contribution in [-0.4, -0.2) is 43.8 Å². The van der Waals surface area contributed by atoms with E-state index in [1.165, 1.54) is 5.56 Å². The van der Waals surface area contributed by atoms with Gasteiger partial charge in [0.15, 0.2) is 0 Å². The van der Waals surface area contributed by atoms with E-state index in [1.54, 1.807) is 0 Å². The number of hydrogen-bond donors (Lipinski definition) is 2. The summed E-state index contributed by atoms with van der Waals surface area (Å²) >= 11 is 0. The number of hydrogen-bond acceptors (Lipinski definition) is 4. The molecule has 0 heterocycles. The summed E-state index contributed by atoms with van der Waals surface area (Å²) in [5.74, 6) is -0.0792. The number of carbonyl (C=O) groups is 2. The maximum Gasteiger partial charge on any atom is 0.255 e. The van der Waals surface area contributed by atoms with Crippen LogP contribution in [0.3, 0.4) is 0 Å². The lowest BCUT2D eigenvalue weighted by Crippen LogP contribution is -2.24. The molecule has 0 saturated heterocycles. The average molecular weight is 414 g/mol. The molecule has 0 aliphatic heterocycles. The number of aldehydes is 1. The highest BCUT2D eigenvalue weighted by atomic mass is 16.1. The Hall–Kier alpha value is -2.66. The minimum absolute atomic E-state index is 0.0792. The molecule has 0 atom stereocenters. The molecular formula is C25H39N3O2. The van der Waals surface area contributed by atoms with Gasteiger partial charge in [-0.3, -0.25) is 9.69 Å². The Bertz CT molecular complexity index is 784. The standard InChI is InChI=1S/C17H20N2O.C6H13NO.C2H6/c1-11-8-9-14(10-12(11)2)17(20)19-16-7-5-6-15(18-4)13(16)3;1-3-7(4-2)5-6-8;1-2/h5-10,18H,1-4H3,(H,19,20);6H,3-5H2,1-2H3;1-2H3. The van der Waals surface area contributed by atoms with Crippen LogP contribution in [0.25, 0.3) is 0 Å². The van der Waals surface area contributed by atoms with Gasteiger partial charge in [-0.15, -0.1) is 0 Å². The molecule has 2 aromatic carbocycles. The summed E-state index contributed by atoms with van der Waals surface area (Å²) in [6.45, 7) is 16.6. The Balaban J connectivity index is 0.000000712. The topological polar surface area (TPSA) is 61.4 Å². The fraction of sp³-hybridized carbons (Fsp3) is 0.440. The number of carbonyl (C=O) groups excluding carboxylic acids is 2. The number of nitrogens with one attached hydrogen (secondary N) is 2. The lowest BCUT2D eigenvalue weighted by Gasteiger charge is -2.12. The minimum atomic E-state index is -0.0792. The monoisotopic (exact) mass is 413 g/mol. The quantitative estimate of drug-likeness (QED) is 0.592. The predicted octanol–water partition coefficient (Wildman–Crippen LogP) is 5.46. The molecule has 5 nitrogen and oxygen atoms in total. The summed E-state index contributed by atoms with van der Waals surface area (Å²) in [5.41, 5.74) is 5.88. The molecule has 0 aliphatic rings. The van der Waals surface area contributed by atoms with Crippen LogP contribution in [-0.2, 0) is 4.79 Å². The van der Waals surface area contributed by atoms with E-state index in [1.807, 2.05) is 91.9 Å². The van der Waals surface area contributed by atoms with Gasteiger partial charge in [0.25, 0.3) is 5.91 Å². The van der Waals surface area contributed by atoms with E-state index in [2.05, 4.69) is 15.5 Å². The number of amides is 1. The van der Waals surface area contributed by atoms with Crippen LogP contribution in [0.1, 0.15) is 54.7 Å². The summed E-state index contributed by atoms with van der Waals surface area (Å²) < 4.78 is 0. The average Bonchev–Trinajstić information content (AvgIpc) is 2.77. The van der Waals surface area contributed by atoms with E-state index in [4.69, 9.17) is 0 Å². The Labute approximate surface area is 182 Å². The Morgan fingerprint density at radius 3 is 2.03 bits per heavy atom. The number of rotatable bonds is 7. The third kappa shape index (κ3) is 8.78. The maximum atomic E-state index is 12.3. The van der Waals surface area contributed by atoms with E-state index in [0.717, 1.165) is 41.9 Å². The van der Waals surface area contributed by atoms with Gasteiger partial charge in [0, 0.05) is 24.0 Å². The molecule has 0 aliphatic carbocycles. The zero-order valence-corrected chi connectivity index (χ0v) is 19.9. The summed E-state index contributed by atoms with van der Waals surface area (Å²) in [7, 11) is 1.87. The van der Waals surface area contributed by atoms with Crippen LogP contribution in [0.15, 0.2) is 36.4 Å². The first-order valence-corrected chi connectivity index (χ1v) is 10.7. The number of nitrogens with zero attached hydrogens (tertiary/aromatic N) is 1. The van der Waals surface area contributed by atoms with Crippen molar-refractivity contribution >= 4 is 23.6 Å². The SMILES string of the molecule is CC.CCN(CC)CC=O.CNc1cccc(NC(=O)c2ccc(C)c(C)c2)c1C. The highest BCUT2D eigenvalue weighted by molar-refractivity contribution is 6.05. The van der Waals surface area contributed by atoms with Crippen molar-refractivity contribution in [3.63, 3.8) is 0 Å². The molecule has 0 radical (unpaired) electrons. The molecule has 2 rings (SSSR count). The third-order valence-corrected chi connectivity index (χ3v) is 4.85. The molecule has 2 aromatic rings. The van der Waals surface area contributed by atoms with Gasteiger partial charge in [-0.2, -0.15) is 0 Å². The van der Waals surface area contributed by atoms with Crippen molar-refractivity contribution in [2.75, 3.05) is 37.3 Å². The van der Waals surface area contributed by atoms with Crippen LogP contribution in [0, 0.1) is 20.8 Å². The summed E-state index contributed by atoms with van der Waals surface area (Å²) in [5, 5.41) is 6.08. The van der Waals surface area contributed by atoms with Crippen LogP contribution in [0.4, 0.5) is 11.4 Å². The third-order valence-electron chi connectivity index (χ3n) is 4.85. The van der Waals surface area contributed by atoms with Crippen molar-refractivity contribution in [2.24, 2.45) is 0 Å². The van der Waals surface area contributed by atoms with E-state index in [-0.39, 0.29) is 5.91 Å². The van der Waals surface area contributed by atoms with Gasteiger partial charge < -0.3 is 15.4 Å². The normalized spacial score (nSPS) is 9.63. The van der Waals surface area contributed by atoms with Crippen LogP contribution < -0.4 is 10.6 Å². The number of aryl methyl sites for hydroxylation is 2. The molecule has 166 valence electrons. The second kappa shape index (κ2) is 15.2. The number of benzene rings is 2. The zero-order chi connectivity index (χ0) is 23.1. The minimum Gasteiger partial charge on any atom is -0.388 e. The molecule has 30 heavy (non-hydrogen) atoms. The van der Waals surface area contributed by atoms with Gasteiger partial charge in [0.2, 0.25) is 0 Å². The largest absolute Gasteiger partial charge is 0.388 e. The molecule has 0 unspecified atom stereocenters. The van der Waals surface area contributed by atoms with Gasteiger partial charge in [-0.1, -0.05) is 39.8 Å². The number of anilines is 2. The molecule has 2 N–H and O–H groups in total. The summed E-state index contributed by atoms with van der Waals surface area (Å²) in [6, 6.07) is 11.6. The van der Waals surface area contributed by atoms with Crippen LogP contribution in [0.5, 0.6) is 0 Å². The first kappa shape index (κ1) is 27.3. The van der Waals surface area contributed by atoms with Crippen molar-refractivity contribution in [1.29, 1.82) is 0 Å². The molecule has 0 aromatic heterocycles. The molecule has 5 heteroatoms. The van der Waals surface area contributed by atoms with E-state index in [0.29, 0.717) is 12.1 Å². The highest BCUT2D eigenvalue weighted by Crippen LogP contribution is 2.23. The molecule has 0 fully saturated rings. The van der Waals surface area contributed by atoms with Crippen molar-refractivity contribution < 1.29 is 9.59 Å². The van der Waals surface area contributed by atoms with Gasteiger partial charge in [0.05, 0.1) is 6.54 Å². The maximum absolute atomic E-state index is 12.3. The molecule has 0 bridgehead atoms. The lowest BCUT2D eigenvalue weighted by molar-refractivity contribution is -0.108. The summed E-state index contributed by atoms with van der Waals surface area (Å²) in [4.78, 5) is 24.3. The van der Waals surface area contributed by atoms with E-state index in [9.17, 15) is 9.59 Å². The number of likely N-dealkylation sites (N-methyl/N-ethyl adjacent to an activating group) is 1. The Morgan fingerprint density at radius 2 is 1.57 bits per heavy atom. The fourth-order valence-electron chi connectivity index (χ4n) is 2.71. The van der Waals surface area contributed by atoms with Crippen molar-refractivity contribution in [1.82, 2.24) is 4.90 Å². The van der Waals surface area contributed by atoms with Crippen molar-refractivity contribution in [3.05, 3.63) is 58.7 Å². The molecular weight excluding hydrogens is 374 g/mol. The van der Waals surface area contributed by atoms with Gasteiger partial charge in [-0.05, 0) is 74.8 Å². The Kier molecular flexibility index (Phi) is 13.9. The van der Waals surface area contributed by atoms with Gasteiger partial charge in [0.1, 0.15) is 6.29 Å². The van der Waals surface area contributed by atoms with Gasteiger partial charge >= 0.3 is 0 Å². The van der Waals surface area contributed by atoms with Crippen molar-refractivity contribution in [2.45, 2.75) is 48.5 Å².